The monoisotopic (exact) mass is 300 g/mol. The number of hydrogen-bond acceptors (Lipinski definition) is 3. The maximum atomic E-state index is 8.99. The van der Waals surface area contributed by atoms with E-state index in [1.54, 1.807) is 0 Å². The summed E-state index contributed by atoms with van der Waals surface area (Å²) in [7, 11) is 0. The molecule has 1 atom stereocenters. The van der Waals surface area contributed by atoms with Crippen molar-refractivity contribution in [2.45, 2.75) is 62.3 Å². The Hall–Kier alpha value is -0.980. The summed E-state index contributed by atoms with van der Waals surface area (Å²) < 4.78 is 0. The fourth-order valence-corrected chi connectivity index (χ4v) is 4.74. The molecule has 1 heterocycles. The minimum absolute atomic E-state index is 0.417. The second-order valence-corrected chi connectivity index (χ2v) is 7.61. The van der Waals surface area contributed by atoms with Crippen LogP contribution in [0.1, 0.15) is 50.5 Å². The third-order valence-electron chi connectivity index (χ3n) is 5.25. The molecule has 1 saturated carbocycles. The van der Waals surface area contributed by atoms with Crippen molar-refractivity contribution in [3.8, 4) is 5.40 Å². The van der Waals surface area contributed by atoms with E-state index in [0.29, 0.717) is 10.8 Å². The summed E-state index contributed by atoms with van der Waals surface area (Å²) in [6.45, 7) is 2.12. The first-order valence-electron chi connectivity index (χ1n) is 8.16. The number of likely N-dealkylation sites (tertiary alicyclic amines) is 1. The average Bonchev–Trinajstić information content (AvgIpc) is 2.53. The summed E-state index contributed by atoms with van der Waals surface area (Å²) in [6, 6.07) is 10.8. The van der Waals surface area contributed by atoms with E-state index in [9.17, 15) is 0 Å². The Labute approximate surface area is 132 Å². The van der Waals surface area contributed by atoms with Gasteiger partial charge in [-0.15, -0.1) is 0 Å². The molecule has 112 valence electrons. The molecule has 1 saturated heterocycles. The Morgan fingerprint density at radius 3 is 2.62 bits per heavy atom. The van der Waals surface area contributed by atoms with Crippen LogP contribution in [0.3, 0.4) is 0 Å². The minimum Gasteiger partial charge on any atom is -0.292 e. The summed E-state index contributed by atoms with van der Waals surface area (Å²) in [4.78, 5) is 2.71. The zero-order valence-corrected chi connectivity index (χ0v) is 13.4. The maximum Gasteiger partial charge on any atom is 0.133 e. The lowest BCUT2D eigenvalue weighted by atomic mass is 9.74. The van der Waals surface area contributed by atoms with Crippen molar-refractivity contribution < 1.29 is 0 Å². The highest BCUT2D eigenvalue weighted by atomic mass is 32.2. The van der Waals surface area contributed by atoms with Gasteiger partial charge in [0.25, 0.3) is 0 Å². The Morgan fingerprint density at radius 1 is 1.14 bits per heavy atom. The molecule has 1 aliphatic heterocycles. The number of thioether (sulfide) groups is 1. The fourth-order valence-electron chi connectivity index (χ4n) is 4.10. The van der Waals surface area contributed by atoms with Crippen molar-refractivity contribution in [1.29, 1.82) is 5.26 Å². The first kappa shape index (κ1) is 14.9. The zero-order chi connectivity index (χ0) is 14.5. The van der Waals surface area contributed by atoms with Crippen LogP contribution in [0.25, 0.3) is 0 Å². The van der Waals surface area contributed by atoms with Crippen molar-refractivity contribution in [1.82, 2.24) is 4.90 Å². The zero-order valence-electron chi connectivity index (χ0n) is 12.6. The van der Waals surface area contributed by atoms with Gasteiger partial charge in [0.05, 0.1) is 0 Å². The molecule has 0 amide bonds. The first-order chi connectivity index (χ1) is 10.3. The molecule has 0 N–H and O–H groups in total. The van der Waals surface area contributed by atoms with E-state index in [2.05, 4.69) is 40.6 Å². The first-order valence-corrected chi connectivity index (χ1v) is 9.04. The summed E-state index contributed by atoms with van der Waals surface area (Å²) in [6.07, 6.45) is 9.34. The lowest BCUT2D eigenvalue weighted by Gasteiger charge is -2.51. The van der Waals surface area contributed by atoms with E-state index in [0.717, 1.165) is 13.1 Å². The van der Waals surface area contributed by atoms with Crippen LogP contribution in [0.5, 0.6) is 0 Å². The van der Waals surface area contributed by atoms with Crippen LogP contribution in [0, 0.1) is 10.7 Å². The van der Waals surface area contributed by atoms with Gasteiger partial charge < -0.3 is 0 Å². The van der Waals surface area contributed by atoms with Gasteiger partial charge in [0.15, 0.2) is 0 Å². The number of nitriles is 1. The summed E-state index contributed by atoms with van der Waals surface area (Å²) >= 11 is 1.48. The molecule has 0 aromatic heterocycles. The fraction of sp³-hybridized carbons (Fsp3) is 0.611. The molecule has 21 heavy (non-hydrogen) atoms. The number of nitrogens with zero attached hydrogens (tertiary/aromatic N) is 2. The molecule has 2 fully saturated rings. The summed E-state index contributed by atoms with van der Waals surface area (Å²) in [5, 5.41) is 11.8. The molecule has 1 aromatic carbocycles. The van der Waals surface area contributed by atoms with Crippen LogP contribution in [0.4, 0.5) is 0 Å². The molecule has 1 spiro atoms. The minimum atomic E-state index is 0.417. The van der Waals surface area contributed by atoms with Crippen molar-refractivity contribution in [3.05, 3.63) is 35.9 Å². The number of rotatable bonds is 3. The molecule has 2 nitrogen and oxygen atoms in total. The predicted octanol–water partition coefficient (Wildman–Crippen LogP) is 4.57. The Balaban J connectivity index is 1.77. The van der Waals surface area contributed by atoms with Crippen LogP contribution in [-0.4, -0.2) is 22.2 Å². The number of piperidine rings is 1. The number of thiocyanates is 1. The molecular formula is C18H24N2S. The van der Waals surface area contributed by atoms with Crippen molar-refractivity contribution >= 4 is 11.8 Å². The second-order valence-electron chi connectivity index (χ2n) is 6.52. The van der Waals surface area contributed by atoms with Gasteiger partial charge >= 0.3 is 0 Å². The summed E-state index contributed by atoms with van der Waals surface area (Å²) in [5.74, 6) is 0. The molecule has 1 aromatic rings. The van der Waals surface area contributed by atoms with E-state index in [4.69, 9.17) is 5.26 Å². The van der Waals surface area contributed by atoms with E-state index >= 15 is 0 Å². The highest BCUT2D eigenvalue weighted by Crippen LogP contribution is 2.43. The molecule has 3 heteroatoms. The van der Waals surface area contributed by atoms with Gasteiger partial charge in [-0.3, -0.25) is 4.90 Å². The molecule has 0 radical (unpaired) electrons. The van der Waals surface area contributed by atoms with Gasteiger partial charge in [-0.05, 0) is 43.0 Å². The second kappa shape index (κ2) is 6.85. The van der Waals surface area contributed by atoms with Crippen LogP contribution in [-0.2, 0) is 6.54 Å². The Kier molecular flexibility index (Phi) is 4.87. The van der Waals surface area contributed by atoms with Gasteiger partial charge in [-0.25, -0.2) is 0 Å². The molecule has 1 aliphatic carbocycles. The van der Waals surface area contributed by atoms with Crippen LogP contribution >= 0.6 is 11.8 Å². The molecule has 0 bridgehead atoms. The number of benzene rings is 1. The van der Waals surface area contributed by atoms with Crippen LogP contribution in [0.2, 0.25) is 0 Å². The van der Waals surface area contributed by atoms with Gasteiger partial charge in [-0.2, -0.15) is 5.26 Å². The standard InChI is InChI=1S/C18H24N2S/c19-15-21-17-9-12-18(10-5-2-6-11-18)20(14-17)13-16-7-3-1-4-8-16/h1,3-4,7-8,17H,2,5-6,9-14H2/t17-/m0/s1. The molecular weight excluding hydrogens is 276 g/mol. The molecule has 0 unspecified atom stereocenters. The van der Waals surface area contributed by atoms with E-state index in [1.807, 2.05) is 0 Å². The highest BCUT2D eigenvalue weighted by Gasteiger charge is 2.42. The molecule has 3 rings (SSSR count). The smallest absolute Gasteiger partial charge is 0.133 e. The normalized spacial score (nSPS) is 25.6. The topological polar surface area (TPSA) is 27.0 Å². The van der Waals surface area contributed by atoms with E-state index < -0.39 is 0 Å². The van der Waals surface area contributed by atoms with Gasteiger partial charge in [0.1, 0.15) is 5.40 Å². The SMILES string of the molecule is N#CS[C@H]1CCC2(CCCCC2)N(Cc2ccccc2)C1. The highest BCUT2D eigenvalue weighted by molar-refractivity contribution is 8.04. The van der Waals surface area contributed by atoms with Gasteiger partial charge in [0.2, 0.25) is 0 Å². The average molecular weight is 300 g/mol. The lowest BCUT2D eigenvalue weighted by Crippen LogP contribution is -2.55. The van der Waals surface area contributed by atoms with E-state index in [1.165, 1.54) is 62.3 Å². The lowest BCUT2D eigenvalue weighted by molar-refractivity contribution is 0.0111. The predicted molar refractivity (Wildman–Crippen MR) is 88.9 cm³/mol. The van der Waals surface area contributed by atoms with Crippen LogP contribution < -0.4 is 0 Å². The van der Waals surface area contributed by atoms with Crippen LogP contribution in [0.15, 0.2) is 30.3 Å². The van der Waals surface area contributed by atoms with Crippen molar-refractivity contribution in [2.24, 2.45) is 0 Å². The quantitative estimate of drug-likeness (QED) is 0.765. The van der Waals surface area contributed by atoms with E-state index in [-0.39, 0.29) is 0 Å². The largest absolute Gasteiger partial charge is 0.292 e. The number of hydrogen-bond donors (Lipinski definition) is 0. The Bertz CT molecular complexity index is 488. The summed E-state index contributed by atoms with van der Waals surface area (Å²) in [5.41, 5.74) is 1.82. The Morgan fingerprint density at radius 2 is 1.90 bits per heavy atom. The third-order valence-corrected chi connectivity index (χ3v) is 6.07. The molecule has 2 aliphatic rings. The van der Waals surface area contributed by atoms with Crippen molar-refractivity contribution in [3.63, 3.8) is 0 Å². The van der Waals surface area contributed by atoms with Gasteiger partial charge in [0, 0.05) is 23.9 Å². The maximum absolute atomic E-state index is 8.99. The van der Waals surface area contributed by atoms with Crippen molar-refractivity contribution in [2.75, 3.05) is 6.54 Å². The third kappa shape index (κ3) is 3.44. The van der Waals surface area contributed by atoms with Gasteiger partial charge in [-0.1, -0.05) is 49.6 Å².